The van der Waals surface area contributed by atoms with Gasteiger partial charge in [-0.15, -0.1) is 0 Å². The zero-order chi connectivity index (χ0) is 24.4. The summed E-state index contributed by atoms with van der Waals surface area (Å²) < 4.78 is 46.2. The molecule has 0 aliphatic carbocycles. The fourth-order valence-electron chi connectivity index (χ4n) is 3.98. The maximum absolute atomic E-state index is 13.5. The van der Waals surface area contributed by atoms with Crippen LogP contribution in [0.4, 0.5) is 10.3 Å². The van der Waals surface area contributed by atoms with Crippen LogP contribution >= 0.6 is 0 Å². The van der Waals surface area contributed by atoms with Gasteiger partial charge in [0.25, 0.3) is 5.91 Å². The van der Waals surface area contributed by atoms with E-state index in [1.165, 1.54) is 36.4 Å². The number of rotatable bonds is 5. The molecular formula is C26H22FN3O4S. The predicted molar refractivity (Wildman–Crippen MR) is 128 cm³/mol. The van der Waals surface area contributed by atoms with Crippen LogP contribution in [0.25, 0.3) is 11.5 Å². The zero-order valence-corrected chi connectivity index (χ0v) is 19.5. The van der Waals surface area contributed by atoms with Crippen molar-refractivity contribution in [1.29, 1.82) is 0 Å². The van der Waals surface area contributed by atoms with E-state index < -0.39 is 15.7 Å². The maximum atomic E-state index is 13.5. The Labute approximate surface area is 202 Å². The second-order valence-electron chi connectivity index (χ2n) is 8.10. The van der Waals surface area contributed by atoms with Gasteiger partial charge in [0, 0.05) is 37.3 Å². The quantitative estimate of drug-likeness (QED) is 0.415. The average molecular weight is 492 g/mol. The van der Waals surface area contributed by atoms with Gasteiger partial charge < -0.3 is 14.2 Å². The third-order valence-electron chi connectivity index (χ3n) is 5.85. The van der Waals surface area contributed by atoms with Crippen molar-refractivity contribution in [3.8, 4) is 11.5 Å². The zero-order valence-electron chi connectivity index (χ0n) is 18.7. The molecule has 0 N–H and O–H groups in total. The molecule has 178 valence electrons. The molecule has 35 heavy (non-hydrogen) atoms. The molecule has 1 aliphatic heterocycles. The summed E-state index contributed by atoms with van der Waals surface area (Å²) in [7, 11) is -3.95. The SMILES string of the molecule is O=C(c1ccc(F)cc1)N1CCN(c2oc(-c3ccccc3)nc2S(=O)(=O)c2ccccc2)CC1. The first-order valence-corrected chi connectivity index (χ1v) is 12.6. The second kappa shape index (κ2) is 9.34. The third-order valence-corrected chi connectivity index (χ3v) is 7.52. The summed E-state index contributed by atoms with van der Waals surface area (Å²) in [5.41, 5.74) is 1.06. The van der Waals surface area contributed by atoms with E-state index in [-0.39, 0.29) is 27.6 Å². The highest BCUT2D eigenvalue weighted by molar-refractivity contribution is 7.91. The number of amides is 1. The first-order valence-electron chi connectivity index (χ1n) is 11.1. The predicted octanol–water partition coefficient (Wildman–Crippen LogP) is 4.28. The normalized spacial score (nSPS) is 14.2. The van der Waals surface area contributed by atoms with Gasteiger partial charge >= 0.3 is 0 Å². The molecule has 9 heteroatoms. The Kier molecular flexibility index (Phi) is 6.08. The van der Waals surface area contributed by atoms with Crippen LogP contribution in [0.3, 0.4) is 0 Å². The van der Waals surface area contributed by atoms with E-state index in [0.717, 1.165) is 0 Å². The fourth-order valence-corrected chi connectivity index (χ4v) is 5.32. The van der Waals surface area contributed by atoms with Crippen LogP contribution < -0.4 is 4.90 Å². The minimum absolute atomic E-state index is 0.124. The lowest BCUT2D eigenvalue weighted by Gasteiger charge is -2.34. The Morgan fingerprint density at radius 2 is 1.43 bits per heavy atom. The molecule has 1 fully saturated rings. The van der Waals surface area contributed by atoms with Crippen LogP contribution in [-0.4, -0.2) is 50.4 Å². The molecule has 1 amide bonds. The minimum Gasteiger partial charge on any atom is -0.419 e. The monoisotopic (exact) mass is 491 g/mol. The van der Waals surface area contributed by atoms with Gasteiger partial charge in [-0.2, -0.15) is 4.98 Å². The fraction of sp³-hybridized carbons (Fsp3) is 0.154. The molecule has 0 spiro atoms. The van der Waals surface area contributed by atoms with Crippen LogP contribution in [-0.2, 0) is 9.84 Å². The highest BCUT2D eigenvalue weighted by atomic mass is 32.2. The van der Waals surface area contributed by atoms with Gasteiger partial charge in [0.15, 0.2) is 0 Å². The molecule has 1 saturated heterocycles. The Morgan fingerprint density at radius 1 is 0.829 bits per heavy atom. The molecule has 0 saturated carbocycles. The van der Waals surface area contributed by atoms with Gasteiger partial charge in [0.2, 0.25) is 26.6 Å². The van der Waals surface area contributed by atoms with E-state index in [1.54, 1.807) is 40.1 Å². The number of sulfone groups is 1. The van der Waals surface area contributed by atoms with E-state index in [2.05, 4.69) is 4.98 Å². The molecule has 2 heterocycles. The maximum Gasteiger partial charge on any atom is 0.253 e. The highest BCUT2D eigenvalue weighted by Gasteiger charge is 2.33. The Bertz CT molecular complexity index is 1430. The summed E-state index contributed by atoms with van der Waals surface area (Å²) >= 11 is 0. The van der Waals surface area contributed by atoms with Crippen molar-refractivity contribution in [2.75, 3.05) is 31.1 Å². The first-order chi connectivity index (χ1) is 16.9. The van der Waals surface area contributed by atoms with Crippen LogP contribution in [0.15, 0.2) is 99.3 Å². The molecule has 0 bridgehead atoms. The van der Waals surface area contributed by atoms with Crippen LogP contribution in [0, 0.1) is 5.82 Å². The van der Waals surface area contributed by atoms with Crippen LogP contribution in [0.2, 0.25) is 0 Å². The van der Waals surface area contributed by atoms with E-state index in [4.69, 9.17) is 4.42 Å². The summed E-state index contributed by atoms with van der Waals surface area (Å²) in [6, 6.07) is 22.6. The summed E-state index contributed by atoms with van der Waals surface area (Å²) in [4.78, 5) is 20.8. The molecule has 7 nitrogen and oxygen atoms in total. The standard InChI is InChI=1S/C26H22FN3O4S/c27-21-13-11-20(12-14-21)25(31)29-15-17-30(18-16-29)26-24(35(32,33)22-9-5-2-6-10-22)28-23(34-26)19-7-3-1-4-8-19/h1-14H,15-18H2. The molecule has 5 rings (SSSR count). The molecule has 0 radical (unpaired) electrons. The minimum atomic E-state index is -3.95. The third kappa shape index (κ3) is 4.54. The Hall–Kier alpha value is -3.98. The summed E-state index contributed by atoms with van der Waals surface area (Å²) in [6.45, 7) is 1.41. The number of anilines is 1. The number of halogens is 1. The molecule has 1 aromatic heterocycles. The van der Waals surface area contributed by atoms with Gasteiger partial charge in [-0.25, -0.2) is 12.8 Å². The van der Waals surface area contributed by atoms with Crippen molar-refractivity contribution in [2.24, 2.45) is 0 Å². The summed E-state index contributed by atoms with van der Waals surface area (Å²) in [5.74, 6) is -0.246. The van der Waals surface area contributed by atoms with Gasteiger partial charge in [-0.05, 0) is 48.5 Å². The lowest BCUT2D eigenvalue weighted by atomic mass is 10.2. The molecular weight excluding hydrogens is 469 g/mol. The van der Waals surface area contributed by atoms with Crippen molar-refractivity contribution < 1.29 is 22.0 Å². The van der Waals surface area contributed by atoms with Crippen molar-refractivity contribution in [1.82, 2.24) is 9.88 Å². The Balaban J connectivity index is 1.45. The molecule has 0 unspecified atom stereocenters. The molecule has 3 aromatic carbocycles. The van der Waals surface area contributed by atoms with Gasteiger partial charge in [0.05, 0.1) is 4.90 Å². The van der Waals surface area contributed by atoms with Crippen LogP contribution in [0.1, 0.15) is 10.4 Å². The number of oxazole rings is 1. The summed E-state index contributed by atoms with van der Waals surface area (Å²) in [5, 5.41) is -0.152. The number of hydrogen-bond acceptors (Lipinski definition) is 6. The van der Waals surface area contributed by atoms with Crippen molar-refractivity contribution in [3.63, 3.8) is 0 Å². The van der Waals surface area contributed by atoms with E-state index in [0.29, 0.717) is 37.3 Å². The largest absolute Gasteiger partial charge is 0.419 e. The number of hydrogen-bond donors (Lipinski definition) is 0. The van der Waals surface area contributed by atoms with Gasteiger partial charge in [0.1, 0.15) is 5.82 Å². The van der Waals surface area contributed by atoms with E-state index in [1.807, 2.05) is 18.2 Å². The number of carbonyl (C=O) groups excluding carboxylic acids is 1. The second-order valence-corrected chi connectivity index (χ2v) is 9.96. The molecule has 4 aromatic rings. The van der Waals surface area contributed by atoms with E-state index >= 15 is 0 Å². The number of aromatic nitrogens is 1. The highest BCUT2D eigenvalue weighted by Crippen LogP contribution is 2.35. The van der Waals surface area contributed by atoms with Crippen molar-refractivity contribution in [2.45, 2.75) is 9.92 Å². The number of benzene rings is 3. The molecule has 0 atom stereocenters. The number of nitrogens with zero attached hydrogens (tertiary/aromatic N) is 3. The summed E-state index contributed by atoms with van der Waals surface area (Å²) in [6.07, 6.45) is 0. The van der Waals surface area contributed by atoms with Crippen LogP contribution in [0.5, 0.6) is 0 Å². The van der Waals surface area contributed by atoms with Crippen molar-refractivity contribution >= 4 is 21.6 Å². The number of piperazine rings is 1. The lowest BCUT2D eigenvalue weighted by molar-refractivity contribution is 0.0745. The van der Waals surface area contributed by atoms with Gasteiger partial charge in [-0.3, -0.25) is 4.79 Å². The van der Waals surface area contributed by atoms with Gasteiger partial charge in [-0.1, -0.05) is 36.4 Å². The average Bonchev–Trinajstić information content (AvgIpc) is 3.36. The molecule has 1 aliphatic rings. The smallest absolute Gasteiger partial charge is 0.253 e. The van der Waals surface area contributed by atoms with Crippen molar-refractivity contribution in [3.05, 3.63) is 96.3 Å². The topological polar surface area (TPSA) is 83.7 Å². The lowest BCUT2D eigenvalue weighted by Crippen LogP contribution is -2.49. The number of carbonyl (C=O) groups is 1. The Morgan fingerprint density at radius 3 is 2.06 bits per heavy atom. The first kappa shape index (κ1) is 22.8. The van der Waals surface area contributed by atoms with E-state index in [9.17, 15) is 17.6 Å².